The first kappa shape index (κ1) is 16.8. The van der Waals surface area contributed by atoms with E-state index < -0.39 is 42.6 Å². The van der Waals surface area contributed by atoms with Crippen LogP contribution in [0.3, 0.4) is 0 Å². The molecule has 5 nitrogen and oxygen atoms in total. The second-order valence-corrected chi connectivity index (χ2v) is 8.37. The zero-order valence-electron chi connectivity index (χ0n) is 11.1. The molecule has 1 aromatic carbocycles. The van der Waals surface area contributed by atoms with Crippen LogP contribution in [-0.2, 0) is 25.7 Å². The van der Waals surface area contributed by atoms with Gasteiger partial charge in [0.25, 0.3) is 10.1 Å². The van der Waals surface area contributed by atoms with Crippen molar-refractivity contribution in [2.24, 2.45) is 0 Å². The van der Waals surface area contributed by atoms with E-state index in [-0.39, 0.29) is 16.9 Å². The Morgan fingerprint density at radius 3 is 2.18 bits per heavy atom. The van der Waals surface area contributed by atoms with Gasteiger partial charge in [-0.3, -0.25) is 4.55 Å². The van der Waals surface area contributed by atoms with Crippen molar-refractivity contribution in [3.63, 3.8) is 0 Å². The number of hydrogen-bond donors (Lipinski definition) is 1. The first-order valence-electron chi connectivity index (χ1n) is 6.10. The predicted octanol–water partition coefficient (Wildman–Crippen LogP) is 2.33. The van der Waals surface area contributed by atoms with Gasteiger partial charge in [0.05, 0.1) is 10.6 Å². The van der Waals surface area contributed by atoms with E-state index in [1.54, 1.807) is 0 Å². The molecule has 0 aromatic heterocycles. The van der Waals surface area contributed by atoms with Gasteiger partial charge in [0.2, 0.25) is 0 Å². The largest absolute Gasteiger partial charge is 0.294 e. The van der Waals surface area contributed by atoms with Gasteiger partial charge >= 0.3 is 0 Å². The standard InChI is InChI=1S/C13H12F2O5S2/c14-10-3-6-13(12(15)7-10)21(16,17)8-9-1-4-11(5-2-9)22(18,19)20/h1-5,7,13H,6,8H2,(H,18,19,20). The molecule has 22 heavy (non-hydrogen) atoms. The van der Waals surface area contributed by atoms with Crippen LogP contribution >= 0.6 is 0 Å². The molecule has 120 valence electrons. The summed E-state index contributed by atoms with van der Waals surface area (Å²) < 4.78 is 81.4. The summed E-state index contributed by atoms with van der Waals surface area (Å²) in [6.07, 6.45) is 1.24. The van der Waals surface area contributed by atoms with Crippen molar-refractivity contribution in [3.05, 3.63) is 53.6 Å². The molecule has 0 bridgehead atoms. The minimum atomic E-state index is -4.37. The lowest BCUT2D eigenvalue weighted by molar-refractivity contribution is 0.483. The molecule has 1 N–H and O–H groups in total. The highest BCUT2D eigenvalue weighted by Gasteiger charge is 2.31. The van der Waals surface area contributed by atoms with Crippen LogP contribution in [0.5, 0.6) is 0 Å². The topological polar surface area (TPSA) is 88.5 Å². The quantitative estimate of drug-likeness (QED) is 0.842. The van der Waals surface area contributed by atoms with E-state index in [0.29, 0.717) is 6.08 Å². The van der Waals surface area contributed by atoms with E-state index in [1.807, 2.05) is 0 Å². The van der Waals surface area contributed by atoms with E-state index in [9.17, 15) is 25.6 Å². The molecule has 0 saturated heterocycles. The zero-order valence-corrected chi connectivity index (χ0v) is 12.7. The minimum absolute atomic E-state index is 0.232. The Kier molecular flexibility index (Phi) is 4.50. The Balaban J connectivity index is 2.21. The van der Waals surface area contributed by atoms with E-state index in [2.05, 4.69) is 0 Å². The molecule has 1 aromatic rings. The monoisotopic (exact) mass is 350 g/mol. The van der Waals surface area contributed by atoms with E-state index >= 15 is 0 Å². The first-order valence-corrected chi connectivity index (χ1v) is 9.26. The molecular weight excluding hydrogens is 338 g/mol. The van der Waals surface area contributed by atoms with E-state index in [4.69, 9.17) is 4.55 Å². The van der Waals surface area contributed by atoms with Gasteiger partial charge in [0.1, 0.15) is 16.9 Å². The summed E-state index contributed by atoms with van der Waals surface area (Å²) >= 11 is 0. The summed E-state index contributed by atoms with van der Waals surface area (Å²) in [7, 11) is -8.29. The molecule has 1 unspecified atom stereocenters. The highest BCUT2D eigenvalue weighted by molar-refractivity contribution is 7.91. The molecule has 0 amide bonds. The van der Waals surface area contributed by atoms with Gasteiger partial charge in [-0.15, -0.1) is 0 Å². The molecule has 0 aliphatic heterocycles. The van der Waals surface area contributed by atoms with Gasteiger partial charge in [0, 0.05) is 6.08 Å². The van der Waals surface area contributed by atoms with Crippen LogP contribution < -0.4 is 0 Å². The Bertz CT molecular complexity index is 837. The maximum atomic E-state index is 13.6. The molecule has 2 rings (SSSR count). The molecule has 0 heterocycles. The lowest BCUT2D eigenvalue weighted by Crippen LogP contribution is -2.24. The van der Waals surface area contributed by atoms with Gasteiger partial charge in [-0.2, -0.15) is 8.42 Å². The number of rotatable bonds is 4. The Morgan fingerprint density at radius 1 is 1.09 bits per heavy atom. The average molecular weight is 350 g/mol. The third kappa shape index (κ3) is 3.79. The van der Waals surface area contributed by atoms with Gasteiger partial charge in [0.15, 0.2) is 9.84 Å². The Labute approximate surface area is 126 Å². The van der Waals surface area contributed by atoms with E-state index in [0.717, 1.165) is 18.2 Å². The molecular formula is C13H12F2O5S2. The van der Waals surface area contributed by atoms with Crippen molar-refractivity contribution in [3.8, 4) is 0 Å². The maximum absolute atomic E-state index is 13.6. The number of sulfone groups is 1. The van der Waals surface area contributed by atoms with Crippen molar-refractivity contribution in [2.75, 3.05) is 0 Å². The zero-order chi connectivity index (χ0) is 16.5. The molecule has 9 heteroatoms. The summed E-state index contributed by atoms with van der Waals surface area (Å²) in [6, 6.07) is 4.52. The van der Waals surface area contributed by atoms with Crippen LogP contribution in [0.15, 0.2) is 53.0 Å². The maximum Gasteiger partial charge on any atom is 0.294 e. The van der Waals surface area contributed by atoms with Crippen LogP contribution in [0.1, 0.15) is 12.0 Å². The van der Waals surface area contributed by atoms with Gasteiger partial charge < -0.3 is 0 Å². The average Bonchev–Trinajstić information content (AvgIpc) is 2.37. The van der Waals surface area contributed by atoms with Crippen molar-refractivity contribution >= 4 is 20.0 Å². The van der Waals surface area contributed by atoms with E-state index in [1.165, 1.54) is 12.1 Å². The fraction of sp³-hybridized carbons (Fsp3) is 0.231. The van der Waals surface area contributed by atoms with Crippen LogP contribution in [0.4, 0.5) is 8.78 Å². The highest BCUT2D eigenvalue weighted by atomic mass is 32.2. The predicted molar refractivity (Wildman–Crippen MR) is 75.7 cm³/mol. The molecule has 0 saturated carbocycles. The summed E-state index contributed by atoms with van der Waals surface area (Å²) in [5.74, 6) is -2.41. The second-order valence-electron chi connectivity index (χ2n) is 4.77. The third-order valence-electron chi connectivity index (χ3n) is 3.13. The summed E-state index contributed by atoms with van der Waals surface area (Å²) in [6.45, 7) is 0. The first-order chi connectivity index (χ1) is 10.1. The van der Waals surface area contributed by atoms with Crippen LogP contribution in [0.25, 0.3) is 0 Å². The van der Waals surface area contributed by atoms with Gasteiger partial charge in [-0.25, -0.2) is 17.2 Å². The molecule has 1 aliphatic carbocycles. The molecule has 0 spiro atoms. The fourth-order valence-corrected chi connectivity index (χ4v) is 4.16. The van der Waals surface area contributed by atoms with Crippen molar-refractivity contribution in [1.82, 2.24) is 0 Å². The normalized spacial score (nSPS) is 19.5. The second kappa shape index (κ2) is 5.90. The third-order valence-corrected chi connectivity index (χ3v) is 6.02. The SMILES string of the molecule is O=S(=O)(O)c1ccc(CS(=O)(=O)C2CC=C(F)C=C2F)cc1. The number of allylic oxidation sites excluding steroid dienone is 3. The van der Waals surface area contributed by atoms with Crippen LogP contribution in [0, 0.1) is 0 Å². The summed E-state index contributed by atoms with van der Waals surface area (Å²) in [5.41, 5.74) is 0.232. The van der Waals surface area contributed by atoms with Crippen LogP contribution in [-0.4, -0.2) is 26.6 Å². The van der Waals surface area contributed by atoms with Crippen molar-refractivity contribution in [2.45, 2.75) is 22.3 Å². The number of halogens is 2. The number of benzene rings is 1. The van der Waals surface area contributed by atoms with Gasteiger partial charge in [-0.05, 0) is 30.2 Å². The van der Waals surface area contributed by atoms with Crippen molar-refractivity contribution in [1.29, 1.82) is 0 Å². The molecule has 0 radical (unpaired) electrons. The smallest absolute Gasteiger partial charge is 0.282 e. The Hall–Kier alpha value is -1.58. The molecule has 0 fully saturated rings. The van der Waals surface area contributed by atoms with Crippen molar-refractivity contribution < 1.29 is 30.2 Å². The minimum Gasteiger partial charge on any atom is -0.282 e. The summed E-state index contributed by atoms with van der Waals surface area (Å²) in [5, 5.41) is -1.45. The lowest BCUT2D eigenvalue weighted by atomic mass is 10.1. The fourth-order valence-electron chi connectivity index (χ4n) is 2.02. The molecule has 1 atom stereocenters. The lowest BCUT2D eigenvalue weighted by Gasteiger charge is -2.17. The van der Waals surface area contributed by atoms with Gasteiger partial charge in [-0.1, -0.05) is 12.1 Å². The molecule has 1 aliphatic rings. The highest BCUT2D eigenvalue weighted by Crippen LogP contribution is 2.28. The van der Waals surface area contributed by atoms with Crippen LogP contribution in [0.2, 0.25) is 0 Å². The summed E-state index contributed by atoms with van der Waals surface area (Å²) in [4.78, 5) is -0.373. The number of hydrogen-bond acceptors (Lipinski definition) is 4. The Morgan fingerprint density at radius 2 is 1.68 bits per heavy atom.